The van der Waals surface area contributed by atoms with Crippen molar-refractivity contribution in [3.8, 4) is 0 Å². The number of benzene rings is 1. The summed E-state index contributed by atoms with van der Waals surface area (Å²) < 4.78 is 11.2. The fraction of sp³-hybridized carbons (Fsp3) is 0.429. The fourth-order valence-corrected chi connectivity index (χ4v) is 1.94. The number of hydrogen-bond acceptors (Lipinski definition) is 2. The molecule has 1 heterocycles. The van der Waals surface area contributed by atoms with Gasteiger partial charge in [-0.15, -0.1) is 0 Å². The normalized spacial score (nSPS) is 11.2. The van der Waals surface area contributed by atoms with Crippen molar-refractivity contribution in [2.45, 2.75) is 34.3 Å². The van der Waals surface area contributed by atoms with Crippen LogP contribution in [-0.4, -0.2) is 6.61 Å². The lowest BCUT2D eigenvalue weighted by molar-refractivity contribution is 0.119. The van der Waals surface area contributed by atoms with E-state index in [-0.39, 0.29) is 0 Å². The van der Waals surface area contributed by atoms with Crippen molar-refractivity contribution in [2.24, 2.45) is 0 Å². The molecule has 0 saturated carbocycles. The summed E-state index contributed by atoms with van der Waals surface area (Å²) in [6, 6.07) is 4.25. The first-order valence-electron chi connectivity index (χ1n) is 5.70. The molecule has 0 bridgehead atoms. The summed E-state index contributed by atoms with van der Waals surface area (Å²) in [5.74, 6) is 0.907. The predicted octanol–water partition coefficient (Wildman–Crippen LogP) is 3.89. The van der Waals surface area contributed by atoms with E-state index in [4.69, 9.17) is 9.15 Å². The van der Waals surface area contributed by atoms with Gasteiger partial charge in [-0.1, -0.05) is 0 Å². The molecule has 2 heteroatoms. The molecule has 0 spiro atoms. The number of hydrogen-bond donors (Lipinski definition) is 0. The molecule has 16 heavy (non-hydrogen) atoms. The minimum atomic E-state index is 0.558. The largest absolute Gasteiger partial charge is 0.458 e. The molecule has 86 valence electrons. The second-order valence-corrected chi connectivity index (χ2v) is 4.21. The van der Waals surface area contributed by atoms with E-state index in [1.165, 1.54) is 22.1 Å². The molecule has 1 aromatic heterocycles. The number of rotatable bonds is 3. The van der Waals surface area contributed by atoms with Gasteiger partial charge >= 0.3 is 0 Å². The van der Waals surface area contributed by atoms with Crippen LogP contribution in [0.3, 0.4) is 0 Å². The van der Waals surface area contributed by atoms with Crippen LogP contribution in [0.4, 0.5) is 0 Å². The van der Waals surface area contributed by atoms with Gasteiger partial charge < -0.3 is 9.15 Å². The Labute approximate surface area is 96.2 Å². The van der Waals surface area contributed by atoms with Crippen molar-refractivity contribution >= 4 is 11.0 Å². The van der Waals surface area contributed by atoms with Gasteiger partial charge in [0.15, 0.2) is 0 Å². The van der Waals surface area contributed by atoms with Gasteiger partial charge in [0.05, 0.1) is 0 Å². The van der Waals surface area contributed by atoms with Crippen LogP contribution in [0.25, 0.3) is 11.0 Å². The van der Waals surface area contributed by atoms with Crippen molar-refractivity contribution in [1.82, 2.24) is 0 Å². The van der Waals surface area contributed by atoms with Crippen LogP contribution in [0.1, 0.15) is 29.4 Å². The van der Waals surface area contributed by atoms with Gasteiger partial charge in [0.2, 0.25) is 0 Å². The number of aryl methyl sites for hydroxylation is 2. The molecule has 2 aromatic rings. The molecule has 0 atom stereocenters. The molecule has 0 aliphatic heterocycles. The van der Waals surface area contributed by atoms with E-state index in [1.54, 1.807) is 0 Å². The van der Waals surface area contributed by atoms with Crippen molar-refractivity contribution in [2.75, 3.05) is 6.61 Å². The molecule has 0 unspecified atom stereocenters. The molecule has 0 N–H and O–H groups in total. The average Bonchev–Trinajstić information content (AvgIpc) is 2.66. The van der Waals surface area contributed by atoms with E-state index in [2.05, 4.69) is 32.9 Å². The first-order chi connectivity index (χ1) is 7.63. The van der Waals surface area contributed by atoms with Gasteiger partial charge in [0.25, 0.3) is 0 Å². The summed E-state index contributed by atoms with van der Waals surface area (Å²) in [5.41, 5.74) is 4.86. The maximum absolute atomic E-state index is 5.81. The second kappa shape index (κ2) is 4.30. The Kier molecular flexibility index (Phi) is 3.01. The third-order valence-corrected chi connectivity index (χ3v) is 3.13. The van der Waals surface area contributed by atoms with Crippen LogP contribution in [0.2, 0.25) is 0 Å². The number of ether oxygens (including phenoxy) is 1. The zero-order chi connectivity index (χ0) is 11.7. The lowest BCUT2D eigenvalue weighted by atomic mass is 10.0. The Morgan fingerprint density at radius 2 is 1.88 bits per heavy atom. The first-order valence-corrected chi connectivity index (χ1v) is 5.70. The Hall–Kier alpha value is -1.28. The molecule has 1 aromatic carbocycles. The summed E-state index contributed by atoms with van der Waals surface area (Å²) in [4.78, 5) is 0. The summed E-state index contributed by atoms with van der Waals surface area (Å²) in [6.45, 7) is 9.64. The summed E-state index contributed by atoms with van der Waals surface area (Å²) in [7, 11) is 0. The Balaban J connectivity index is 2.49. The predicted molar refractivity (Wildman–Crippen MR) is 65.8 cm³/mol. The molecule has 0 amide bonds. The highest BCUT2D eigenvalue weighted by Gasteiger charge is 2.09. The lowest BCUT2D eigenvalue weighted by Crippen LogP contribution is -1.88. The van der Waals surface area contributed by atoms with Crippen LogP contribution in [0, 0.1) is 20.8 Å². The van der Waals surface area contributed by atoms with Gasteiger partial charge in [-0.3, -0.25) is 0 Å². The van der Waals surface area contributed by atoms with Gasteiger partial charge in [-0.05, 0) is 56.5 Å². The molecular formula is C14H18O2. The molecule has 0 fully saturated rings. The highest BCUT2D eigenvalue weighted by atomic mass is 16.5. The highest BCUT2D eigenvalue weighted by molar-refractivity contribution is 5.83. The summed E-state index contributed by atoms with van der Waals surface area (Å²) in [5, 5.41) is 1.18. The molecular weight excluding hydrogens is 200 g/mol. The molecule has 0 aliphatic carbocycles. The topological polar surface area (TPSA) is 22.4 Å². The van der Waals surface area contributed by atoms with E-state index in [0.29, 0.717) is 13.2 Å². The average molecular weight is 218 g/mol. The SMILES string of the molecule is CCOCc1cc2cc(C)c(C)c(C)c2o1. The molecule has 2 rings (SSSR count). The smallest absolute Gasteiger partial charge is 0.137 e. The van der Waals surface area contributed by atoms with E-state index in [1.807, 2.05) is 6.92 Å². The van der Waals surface area contributed by atoms with E-state index in [0.717, 1.165) is 11.3 Å². The molecule has 0 aliphatic rings. The van der Waals surface area contributed by atoms with E-state index < -0.39 is 0 Å². The Morgan fingerprint density at radius 1 is 1.12 bits per heavy atom. The molecule has 0 radical (unpaired) electrons. The van der Waals surface area contributed by atoms with Crippen LogP contribution < -0.4 is 0 Å². The standard InChI is InChI=1S/C14H18O2/c1-5-15-8-13-7-12-6-9(2)10(3)11(4)14(12)16-13/h6-7H,5,8H2,1-4H3. The lowest BCUT2D eigenvalue weighted by Gasteiger charge is -2.04. The molecule has 2 nitrogen and oxygen atoms in total. The van der Waals surface area contributed by atoms with Gasteiger partial charge in [0, 0.05) is 12.0 Å². The minimum Gasteiger partial charge on any atom is -0.458 e. The fourth-order valence-electron chi connectivity index (χ4n) is 1.94. The van der Waals surface area contributed by atoms with E-state index in [9.17, 15) is 0 Å². The van der Waals surface area contributed by atoms with Crippen LogP contribution in [0.5, 0.6) is 0 Å². The number of furan rings is 1. The zero-order valence-electron chi connectivity index (χ0n) is 10.4. The maximum atomic E-state index is 5.81. The number of fused-ring (bicyclic) bond motifs is 1. The molecule has 0 saturated heterocycles. The van der Waals surface area contributed by atoms with Crippen LogP contribution in [0.15, 0.2) is 16.5 Å². The Morgan fingerprint density at radius 3 is 2.56 bits per heavy atom. The maximum Gasteiger partial charge on any atom is 0.137 e. The van der Waals surface area contributed by atoms with Crippen molar-refractivity contribution < 1.29 is 9.15 Å². The van der Waals surface area contributed by atoms with Crippen molar-refractivity contribution in [3.05, 3.63) is 34.6 Å². The van der Waals surface area contributed by atoms with Crippen LogP contribution >= 0.6 is 0 Å². The van der Waals surface area contributed by atoms with Gasteiger partial charge in [-0.2, -0.15) is 0 Å². The van der Waals surface area contributed by atoms with Gasteiger partial charge in [-0.25, -0.2) is 0 Å². The first kappa shape index (κ1) is 11.2. The quantitative estimate of drug-likeness (QED) is 0.779. The second-order valence-electron chi connectivity index (χ2n) is 4.21. The van der Waals surface area contributed by atoms with E-state index >= 15 is 0 Å². The Bertz CT molecular complexity index is 509. The monoisotopic (exact) mass is 218 g/mol. The third-order valence-electron chi connectivity index (χ3n) is 3.13. The zero-order valence-corrected chi connectivity index (χ0v) is 10.4. The van der Waals surface area contributed by atoms with Gasteiger partial charge in [0.1, 0.15) is 18.0 Å². The summed E-state index contributed by atoms with van der Waals surface area (Å²) >= 11 is 0. The summed E-state index contributed by atoms with van der Waals surface area (Å²) in [6.07, 6.45) is 0. The van der Waals surface area contributed by atoms with Crippen molar-refractivity contribution in [3.63, 3.8) is 0 Å². The third kappa shape index (κ3) is 1.85. The van der Waals surface area contributed by atoms with Crippen LogP contribution in [-0.2, 0) is 11.3 Å². The van der Waals surface area contributed by atoms with Crippen molar-refractivity contribution in [1.29, 1.82) is 0 Å². The minimum absolute atomic E-state index is 0.558. The highest BCUT2D eigenvalue weighted by Crippen LogP contribution is 2.27.